The van der Waals surface area contributed by atoms with Gasteiger partial charge in [-0.25, -0.2) is 9.97 Å². The molecule has 0 atom stereocenters. The van der Waals surface area contributed by atoms with Crippen molar-refractivity contribution in [2.45, 2.75) is 19.8 Å². The van der Waals surface area contributed by atoms with Crippen LogP contribution in [-0.4, -0.2) is 49.8 Å². The van der Waals surface area contributed by atoms with Crippen molar-refractivity contribution in [2.75, 3.05) is 60.7 Å². The first kappa shape index (κ1) is 18.1. The first-order chi connectivity index (χ1) is 12.7. The summed E-state index contributed by atoms with van der Waals surface area (Å²) in [6.45, 7) is 6.65. The number of rotatable bonds is 7. The highest BCUT2D eigenvalue weighted by Gasteiger charge is 2.21. The van der Waals surface area contributed by atoms with Crippen LogP contribution in [0.1, 0.15) is 19.8 Å². The molecular formula is C19H28N6O. The molecule has 1 aromatic carbocycles. The van der Waals surface area contributed by atoms with Gasteiger partial charge < -0.3 is 25.6 Å². The van der Waals surface area contributed by atoms with Gasteiger partial charge in [0.1, 0.15) is 17.8 Å². The number of nitrogens with one attached hydrogen (secondary N) is 1. The summed E-state index contributed by atoms with van der Waals surface area (Å²) >= 11 is 0. The Balaban J connectivity index is 1.63. The van der Waals surface area contributed by atoms with Crippen LogP contribution >= 0.6 is 0 Å². The number of hydrogen-bond acceptors (Lipinski definition) is 7. The number of unbranched alkanes of at least 4 members (excludes halogenated alkanes) is 1. The van der Waals surface area contributed by atoms with Crippen molar-refractivity contribution in [3.8, 4) is 5.75 Å². The fourth-order valence-corrected chi connectivity index (χ4v) is 3.13. The largest absolute Gasteiger partial charge is 0.497 e. The van der Waals surface area contributed by atoms with Gasteiger partial charge in [0.15, 0.2) is 11.6 Å². The van der Waals surface area contributed by atoms with Crippen molar-refractivity contribution in [3.05, 3.63) is 30.6 Å². The average Bonchev–Trinajstić information content (AvgIpc) is 2.70. The lowest BCUT2D eigenvalue weighted by Gasteiger charge is -2.37. The highest BCUT2D eigenvalue weighted by atomic mass is 16.5. The van der Waals surface area contributed by atoms with Crippen LogP contribution in [0.15, 0.2) is 30.6 Å². The minimum absolute atomic E-state index is 0.640. The topological polar surface area (TPSA) is 79.5 Å². The Kier molecular flexibility index (Phi) is 5.99. The molecule has 0 unspecified atom stereocenters. The van der Waals surface area contributed by atoms with Crippen molar-refractivity contribution >= 4 is 23.0 Å². The van der Waals surface area contributed by atoms with E-state index < -0.39 is 0 Å². The van der Waals surface area contributed by atoms with Crippen LogP contribution in [0.4, 0.5) is 23.0 Å². The van der Waals surface area contributed by atoms with Crippen LogP contribution in [0.3, 0.4) is 0 Å². The molecule has 3 rings (SSSR count). The van der Waals surface area contributed by atoms with E-state index in [0.717, 1.165) is 63.0 Å². The third-order valence-electron chi connectivity index (χ3n) is 4.70. The van der Waals surface area contributed by atoms with Crippen LogP contribution < -0.4 is 25.6 Å². The molecular weight excluding hydrogens is 328 g/mol. The van der Waals surface area contributed by atoms with Crippen molar-refractivity contribution in [1.29, 1.82) is 0 Å². The van der Waals surface area contributed by atoms with Crippen molar-refractivity contribution in [3.63, 3.8) is 0 Å². The number of aromatic nitrogens is 2. The van der Waals surface area contributed by atoms with Crippen molar-refractivity contribution < 1.29 is 4.74 Å². The van der Waals surface area contributed by atoms with E-state index in [1.54, 1.807) is 13.4 Å². The van der Waals surface area contributed by atoms with Gasteiger partial charge in [-0.1, -0.05) is 13.3 Å². The molecule has 7 heteroatoms. The number of piperazine rings is 1. The van der Waals surface area contributed by atoms with Gasteiger partial charge in [-0.2, -0.15) is 0 Å². The fraction of sp³-hybridized carbons (Fsp3) is 0.474. The molecule has 0 bridgehead atoms. The number of hydrogen-bond donors (Lipinski definition) is 2. The second-order valence-electron chi connectivity index (χ2n) is 6.41. The predicted molar refractivity (Wildman–Crippen MR) is 107 cm³/mol. The molecule has 2 aromatic rings. The summed E-state index contributed by atoms with van der Waals surface area (Å²) in [5.74, 6) is 2.44. The zero-order valence-corrected chi connectivity index (χ0v) is 15.6. The Hall–Kier alpha value is -2.70. The average molecular weight is 356 g/mol. The first-order valence-corrected chi connectivity index (χ1v) is 9.21. The monoisotopic (exact) mass is 356 g/mol. The van der Waals surface area contributed by atoms with E-state index in [1.807, 2.05) is 12.1 Å². The third-order valence-corrected chi connectivity index (χ3v) is 4.70. The summed E-state index contributed by atoms with van der Waals surface area (Å²) in [5.41, 5.74) is 8.17. The molecule has 1 aliphatic heterocycles. The molecule has 3 N–H and O–H groups in total. The summed E-state index contributed by atoms with van der Waals surface area (Å²) < 4.78 is 5.23. The molecule has 7 nitrogen and oxygen atoms in total. The quantitative estimate of drug-likeness (QED) is 0.738. The number of nitrogens with two attached hydrogens (primary N) is 1. The maximum absolute atomic E-state index is 6.32. The summed E-state index contributed by atoms with van der Waals surface area (Å²) in [4.78, 5) is 13.3. The molecule has 0 aliphatic carbocycles. The van der Waals surface area contributed by atoms with Crippen LogP contribution in [-0.2, 0) is 0 Å². The molecule has 1 aromatic heterocycles. The van der Waals surface area contributed by atoms with Gasteiger partial charge >= 0.3 is 0 Å². The molecule has 1 fully saturated rings. The number of anilines is 4. The molecule has 140 valence electrons. The number of benzene rings is 1. The van der Waals surface area contributed by atoms with E-state index in [1.165, 1.54) is 5.69 Å². The normalized spacial score (nSPS) is 14.4. The molecule has 26 heavy (non-hydrogen) atoms. The minimum atomic E-state index is 0.640. The van der Waals surface area contributed by atoms with E-state index in [2.05, 4.69) is 44.1 Å². The van der Waals surface area contributed by atoms with E-state index >= 15 is 0 Å². The Morgan fingerprint density at radius 3 is 2.42 bits per heavy atom. The molecule has 0 radical (unpaired) electrons. The molecule has 0 saturated carbocycles. The summed E-state index contributed by atoms with van der Waals surface area (Å²) in [6, 6.07) is 8.20. The number of methoxy groups -OCH3 is 1. The Morgan fingerprint density at radius 1 is 1.08 bits per heavy atom. The molecule has 1 saturated heterocycles. The highest BCUT2D eigenvalue weighted by Crippen LogP contribution is 2.28. The second kappa shape index (κ2) is 8.60. The number of nitrogen functional groups attached to an aromatic ring is 1. The molecule has 0 spiro atoms. The summed E-state index contributed by atoms with van der Waals surface area (Å²) in [7, 11) is 1.69. The SMILES string of the molecule is CCCCNc1ncnc(N2CCN(c3ccc(OC)cc3)CC2)c1N. The zero-order valence-electron chi connectivity index (χ0n) is 15.6. The van der Waals surface area contributed by atoms with Crippen LogP contribution in [0.2, 0.25) is 0 Å². The van der Waals surface area contributed by atoms with E-state index in [4.69, 9.17) is 10.5 Å². The lowest BCUT2D eigenvalue weighted by molar-refractivity contribution is 0.415. The van der Waals surface area contributed by atoms with Crippen molar-refractivity contribution in [2.24, 2.45) is 0 Å². The van der Waals surface area contributed by atoms with Gasteiger partial charge in [-0.3, -0.25) is 0 Å². The van der Waals surface area contributed by atoms with Gasteiger partial charge in [-0.05, 0) is 30.7 Å². The molecule has 2 heterocycles. The third kappa shape index (κ3) is 4.09. The zero-order chi connectivity index (χ0) is 18.4. The van der Waals surface area contributed by atoms with E-state index in [0.29, 0.717) is 5.69 Å². The Bertz CT molecular complexity index is 698. The van der Waals surface area contributed by atoms with Crippen LogP contribution in [0.25, 0.3) is 0 Å². The van der Waals surface area contributed by atoms with E-state index in [-0.39, 0.29) is 0 Å². The highest BCUT2D eigenvalue weighted by molar-refractivity contribution is 5.75. The first-order valence-electron chi connectivity index (χ1n) is 9.21. The predicted octanol–water partition coefficient (Wildman–Crippen LogP) is 2.61. The standard InChI is InChI=1S/C19H28N6O/c1-3-4-9-21-18-17(20)19(23-14-22-18)25-12-10-24(11-13-25)15-5-7-16(26-2)8-6-15/h5-8,14H,3-4,9-13,20H2,1-2H3,(H,21,22,23). The van der Waals surface area contributed by atoms with Gasteiger partial charge in [-0.15, -0.1) is 0 Å². The summed E-state index contributed by atoms with van der Waals surface area (Å²) in [6.07, 6.45) is 3.83. The van der Waals surface area contributed by atoms with Gasteiger partial charge in [0.05, 0.1) is 7.11 Å². The van der Waals surface area contributed by atoms with E-state index in [9.17, 15) is 0 Å². The van der Waals surface area contributed by atoms with Crippen LogP contribution in [0, 0.1) is 0 Å². The lowest BCUT2D eigenvalue weighted by atomic mass is 10.2. The number of nitrogens with zero attached hydrogens (tertiary/aromatic N) is 4. The smallest absolute Gasteiger partial charge is 0.157 e. The maximum Gasteiger partial charge on any atom is 0.157 e. The van der Waals surface area contributed by atoms with Gasteiger partial charge in [0.25, 0.3) is 0 Å². The molecule has 0 amide bonds. The Labute approximate surface area is 155 Å². The second-order valence-corrected chi connectivity index (χ2v) is 6.41. The number of ether oxygens (including phenoxy) is 1. The van der Waals surface area contributed by atoms with Crippen molar-refractivity contribution in [1.82, 2.24) is 9.97 Å². The summed E-state index contributed by atoms with van der Waals surface area (Å²) in [5, 5.41) is 3.31. The Morgan fingerprint density at radius 2 is 1.77 bits per heavy atom. The molecule has 1 aliphatic rings. The maximum atomic E-state index is 6.32. The van der Waals surface area contributed by atoms with Gasteiger partial charge in [0, 0.05) is 38.4 Å². The van der Waals surface area contributed by atoms with Crippen LogP contribution in [0.5, 0.6) is 5.75 Å². The van der Waals surface area contributed by atoms with Gasteiger partial charge in [0.2, 0.25) is 0 Å². The minimum Gasteiger partial charge on any atom is -0.497 e. The fourth-order valence-electron chi connectivity index (χ4n) is 3.13. The lowest BCUT2D eigenvalue weighted by Crippen LogP contribution is -2.47.